The van der Waals surface area contributed by atoms with Crippen LogP contribution in [0, 0.1) is 0 Å². The van der Waals surface area contributed by atoms with Gasteiger partial charge in [0.05, 0.1) is 12.7 Å². The summed E-state index contributed by atoms with van der Waals surface area (Å²) in [6, 6.07) is 1.27. The Balaban J connectivity index is 1.79. The zero-order valence-corrected chi connectivity index (χ0v) is 12.9. The van der Waals surface area contributed by atoms with E-state index >= 15 is 0 Å². The molecule has 0 aromatic heterocycles. The Kier molecular flexibility index (Phi) is 6.07. The van der Waals surface area contributed by atoms with Crippen molar-refractivity contribution in [3.63, 3.8) is 0 Å². The van der Waals surface area contributed by atoms with E-state index in [9.17, 15) is 0 Å². The van der Waals surface area contributed by atoms with Crippen LogP contribution < -0.4 is 5.32 Å². The Morgan fingerprint density at radius 2 is 1.74 bits per heavy atom. The van der Waals surface area contributed by atoms with Crippen LogP contribution in [0.4, 0.5) is 0 Å². The first-order valence-corrected chi connectivity index (χ1v) is 7.99. The van der Waals surface area contributed by atoms with Gasteiger partial charge in [-0.1, -0.05) is 6.92 Å². The van der Waals surface area contributed by atoms with Gasteiger partial charge in [-0.25, -0.2) is 0 Å². The molecule has 2 saturated heterocycles. The molecular formula is C15H31N3O. The summed E-state index contributed by atoms with van der Waals surface area (Å²) >= 11 is 0. The van der Waals surface area contributed by atoms with Gasteiger partial charge in [0.1, 0.15) is 0 Å². The lowest BCUT2D eigenvalue weighted by Gasteiger charge is -2.37. The number of nitrogens with one attached hydrogen (secondary N) is 1. The molecule has 0 spiro atoms. The SMILES string of the molecule is CCN1CCOC(CN2CCC(C)NC(C)CC2)C1. The molecule has 0 saturated carbocycles. The maximum absolute atomic E-state index is 5.94. The lowest BCUT2D eigenvalue weighted by atomic mass is 10.1. The van der Waals surface area contributed by atoms with Crippen molar-refractivity contribution >= 4 is 0 Å². The van der Waals surface area contributed by atoms with Gasteiger partial charge in [0.15, 0.2) is 0 Å². The van der Waals surface area contributed by atoms with Crippen molar-refractivity contribution in [2.24, 2.45) is 0 Å². The van der Waals surface area contributed by atoms with Crippen molar-refractivity contribution < 1.29 is 4.74 Å². The van der Waals surface area contributed by atoms with Crippen LogP contribution in [0.15, 0.2) is 0 Å². The van der Waals surface area contributed by atoms with E-state index < -0.39 is 0 Å². The Morgan fingerprint density at radius 1 is 1.05 bits per heavy atom. The molecule has 2 aliphatic heterocycles. The lowest BCUT2D eigenvalue weighted by Crippen LogP contribution is -2.50. The van der Waals surface area contributed by atoms with E-state index in [1.807, 2.05) is 0 Å². The summed E-state index contributed by atoms with van der Waals surface area (Å²) in [7, 11) is 0. The van der Waals surface area contributed by atoms with Crippen LogP contribution in [-0.2, 0) is 4.74 Å². The van der Waals surface area contributed by atoms with Gasteiger partial charge in [-0.15, -0.1) is 0 Å². The number of likely N-dealkylation sites (N-methyl/N-ethyl adjacent to an activating group) is 1. The lowest BCUT2D eigenvalue weighted by molar-refractivity contribution is -0.0430. The van der Waals surface area contributed by atoms with Crippen molar-refractivity contribution in [3.8, 4) is 0 Å². The fourth-order valence-electron chi connectivity index (χ4n) is 3.17. The van der Waals surface area contributed by atoms with Crippen molar-refractivity contribution in [2.75, 3.05) is 45.9 Å². The van der Waals surface area contributed by atoms with Crippen LogP contribution >= 0.6 is 0 Å². The predicted octanol–water partition coefficient (Wildman–Crippen LogP) is 1.17. The summed E-state index contributed by atoms with van der Waals surface area (Å²) in [5, 5.41) is 3.66. The molecule has 0 bridgehead atoms. The Labute approximate surface area is 118 Å². The third kappa shape index (κ3) is 5.03. The number of ether oxygens (including phenoxy) is 1. The molecule has 19 heavy (non-hydrogen) atoms. The smallest absolute Gasteiger partial charge is 0.0829 e. The molecule has 3 unspecified atom stereocenters. The van der Waals surface area contributed by atoms with Gasteiger partial charge in [0.25, 0.3) is 0 Å². The van der Waals surface area contributed by atoms with Crippen LogP contribution in [0.5, 0.6) is 0 Å². The van der Waals surface area contributed by atoms with Gasteiger partial charge in [0.2, 0.25) is 0 Å². The van der Waals surface area contributed by atoms with Crippen LogP contribution in [0.2, 0.25) is 0 Å². The van der Waals surface area contributed by atoms with Gasteiger partial charge in [-0.3, -0.25) is 4.90 Å². The van der Waals surface area contributed by atoms with E-state index in [-0.39, 0.29) is 0 Å². The first-order chi connectivity index (χ1) is 9.17. The van der Waals surface area contributed by atoms with Crippen molar-refractivity contribution in [3.05, 3.63) is 0 Å². The van der Waals surface area contributed by atoms with E-state index in [0.717, 1.165) is 32.8 Å². The average molecular weight is 269 g/mol. The van der Waals surface area contributed by atoms with E-state index in [1.54, 1.807) is 0 Å². The van der Waals surface area contributed by atoms with E-state index in [2.05, 4.69) is 35.9 Å². The molecule has 2 rings (SSSR count). The van der Waals surface area contributed by atoms with E-state index in [0.29, 0.717) is 18.2 Å². The highest BCUT2D eigenvalue weighted by Gasteiger charge is 2.23. The predicted molar refractivity (Wildman–Crippen MR) is 79.6 cm³/mol. The molecule has 2 aliphatic rings. The fourth-order valence-corrected chi connectivity index (χ4v) is 3.17. The highest BCUT2D eigenvalue weighted by molar-refractivity contribution is 4.79. The van der Waals surface area contributed by atoms with Crippen LogP contribution in [-0.4, -0.2) is 73.9 Å². The minimum Gasteiger partial charge on any atom is -0.374 e. The van der Waals surface area contributed by atoms with Crippen molar-refractivity contribution in [1.82, 2.24) is 15.1 Å². The van der Waals surface area contributed by atoms with Crippen molar-refractivity contribution in [1.29, 1.82) is 0 Å². The molecule has 3 atom stereocenters. The third-order valence-corrected chi connectivity index (χ3v) is 4.46. The van der Waals surface area contributed by atoms with Gasteiger partial charge in [-0.2, -0.15) is 0 Å². The molecule has 4 heteroatoms. The highest BCUT2D eigenvalue weighted by atomic mass is 16.5. The fraction of sp³-hybridized carbons (Fsp3) is 1.00. The van der Waals surface area contributed by atoms with Gasteiger partial charge in [0, 0.05) is 31.7 Å². The van der Waals surface area contributed by atoms with Gasteiger partial charge >= 0.3 is 0 Å². The first-order valence-electron chi connectivity index (χ1n) is 7.99. The Hall–Kier alpha value is -0.160. The van der Waals surface area contributed by atoms with E-state index in [4.69, 9.17) is 4.74 Å². The largest absolute Gasteiger partial charge is 0.374 e. The molecule has 2 fully saturated rings. The van der Waals surface area contributed by atoms with Crippen LogP contribution in [0.1, 0.15) is 33.6 Å². The molecule has 0 amide bonds. The normalized spacial score (nSPS) is 35.8. The van der Waals surface area contributed by atoms with Crippen molar-refractivity contribution in [2.45, 2.75) is 51.8 Å². The second-order valence-corrected chi connectivity index (χ2v) is 6.23. The Bertz CT molecular complexity index is 250. The molecule has 0 aromatic carbocycles. The topological polar surface area (TPSA) is 27.7 Å². The zero-order chi connectivity index (χ0) is 13.7. The summed E-state index contributed by atoms with van der Waals surface area (Å²) in [5.41, 5.74) is 0. The number of hydrogen-bond acceptors (Lipinski definition) is 4. The second-order valence-electron chi connectivity index (χ2n) is 6.23. The van der Waals surface area contributed by atoms with Crippen LogP contribution in [0.25, 0.3) is 0 Å². The van der Waals surface area contributed by atoms with Crippen LogP contribution in [0.3, 0.4) is 0 Å². The third-order valence-electron chi connectivity index (χ3n) is 4.46. The minimum absolute atomic E-state index is 0.409. The molecule has 1 N–H and O–H groups in total. The maximum atomic E-state index is 5.94. The highest BCUT2D eigenvalue weighted by Crippen LogP contribution is 2.11. The molecular weight excluding hydrogens is 238 g/mol. The monoisotopic (exact) mass is 269 g/mol. The van der Waals surface area contributed by atoms with Gasteiger partial charge in [-0.05, 0) is 46.3 Å². The van der Waals surface area contributed by atoms with E-state index in [1.165, 1.54) is 25.9 Å². The number of nitrogens with zero attached hydrogens (tertiary/aromatic N) is 2. The molecule has 112 valence electrons. The second kappa shape index (κ2) is 7.58. The molecule has 0 aromatic rings. The molecule has 0 aliphatic carbocycles. The number of rotatable bonds is 3. The maximum Gasteiger partial charge on any atom is 0.0829 e. The quantitative estimate of drug-likeness (QED) is 0.832. The summed E-state index contributed by atoms with van der Waals surface area (Å²) in [4.78, 5) is 5.11. The average Bonchev–Trinajstić information content (AvgIpc) is 2.40. The summed E-state index contributed by atoms with van der Waals surface area (Å²) < 4.78 is 5.94. The standard InChI is InChI=1S/C15H31N3O/c1-4-17-9-10-19-15(11-17)12-18-7-5-13(2)16-14(3)6-8-18/h13-16H,4-12H2,1-3H3. The minimum atomic E-state index is 0.409. The van der Waals surface area contributed by atoms with Gasteiger partial charge < -0.3 is 15.0 Å². The summed E-state index contributed by atoms with van der Waals surface area (Å²) in [5.74, 6) is 0. The number of hydrogen-bond donors (Lipinski definition) is 1. The first kappa shape index (κ1) is 15.2. The summed E-state index contributed by atoms with van der Waals surface area (Å²) in [6.45, 7) is 14.6. The molecule has 0 radical (unpaired) electrons. The zero-order valence-electron chi connectivity index (χ0n) is 12.9. The molecule has 2 heterocycles. The summed E-state index contributed by atoms with van der Waals surface area (Å²) in [6.07, 6.45) is 2.90. The molecule has 4 nitrogen and oxygen atoms in total. The Morgan fingerprint density at radius 3 is 2.37 bits per heavy atom. The number of morpholine rings is 1.